The van der Waals surface area contributed by atoms with Crippen molar-refractivity contribution in [3.63, 3.8) is 0 Å². The van der Waals surface area contributed by atoms with Gasteiger partial charge in [0.25, 0.3) is 5.91 Å². The van der Waals surface area contributed by atoms with Gasteiger partial charge in [0, 0.05) is 37.3 Å². The average Bonchev–Trinajstić information content (AvgIpc) is 3.52. The lowest BCUT2D eigenvalue weighted by Crippen LogP contribution is -2.30. The minimum Gasteiger partial charge on any atom is -0.374 e. The van der Waals surface area contributed by atoms with Crippen LogP contribution < -0.4 is 10.6 Å². The van der Waals surface area contributed by atoms with E-state index >= 15 is 0 Å². The van der Waals surface area contributed by atoms with E-state index in [-0.39, 0.29) is 22.2 Å². The lowest BCUT2D eigenvalue weighted by atomic mass is 9.88. The van der Waals surface area contributed by atoms with Gasteiger partial charge in [-0.25, -0.2) is 9.37 Å². The summed E-state index contributed by atoms with van der Waals surface area (Å²) in [6.45, 7) is 2.51. The number of ether oxygens (including phenoxy) is 1. The number of rotatable bonds is 11. The highest BCUT2D eigenvalue weighted by atomic mass is 35.5. The molecule has 2 N–H and O–H groups in total. The van der Waals surface area contributed by atoms with Crippen LogP contribution in [0.4, 0.5) is 10.1 Å². The molecule has 0 aliphatic carbocycles. The highest BCUT2D eigenvalue weighted by Crippen LogP contribution is 2.39. The molecule has 3 aromatic heterocycles. The van der Waals surface area contributed by atoms with Crippen LogP contribution in [0.3, 0.4) is 0 Å². The minimum absolute atomic E-state index is 0.0704. The number of pyridine rings is 1. The average molecular weight is 513 g/mol. The predicted octanol–water partition coefficient (Wildman–Crippen LogP) is 4.01. The Morgan fingerprint density at radius 3 is 2.89 bits per heavy atom. The van der Waals surface area contributed by atoms with Crippen LogP contribution in [0.2, 0.25) is 5.02 Å². The van der Waals surface area contributed by atoms with Gasteiger partial charge >= 0.3 is 0 Å². The molecule has 0 aliphatic heterocycles. The van der Waals surface area contributed by atoms with Crippen molar-refractivity contribution in [2.24, 2.45) is 0 Å². The zero-order valence-corrected chi connectivity index (χ0v) is 20.6. The van der Waals surface area contributed by atoms with E-state index in [0.717, 1.165) is 11.3 Å². The molecule has 188 valence electrons. The first-order valence-electron chi connectivity index (χ1n) is 11.3. The summed E-state index contributed by atoms with van der Waals surface area (Å²) in [5.74, 6) is -0.925. The van der Waals surface area contributed by atoms with E-state index in [1.807, 2.05) is 28.8 Å². The van der Waals surface area contributed by atoms with Gasteiger partial charge in [0.1, 0.15) is 11.5 Å². The summed E-state index contributed by atoms with van der Waals surface area (Å²) in [7, 11) is 1.46. The number of anilines is 1. The van der Waals surface area contributed by atoms with Crippen LogP contribution in [0.15, 0.2) is 55.1 Å². The molecular formula is C25H26ClFN6O3. The maximum Gasteiger partial charge on any atom is 0.254 e. The van der Waals surface area contributed by atoms with Crippen molar-refractivity contribution in [1.82, 2.24) is 24.5 Å². The number of carbonyl (C=O) groups excluding carboxylic acids is 2. The molecule has 1 aromatic carbocycles. The van der Waals surface area contributed by atoms with Crippen molar-refractivity contribution < 1.29 is 18.7 Å². The van der Waals surface area contributed by atoms with Crippen molar-refractivity contribution in [3.8, 4) is 0 Å². The highest BCUT2D eigenvalue weighted by Gasteiger charge is 2.33. The Bertz CT molecular complexity index is 1390. The van der Waals surface area contributed by atoms with E-state index in [0.29, 0.717) is 37.9 Å². The largest absolute Gasteiger partial charge is 0.374 e. The predicted molar refractivity (Wildman–Crippen MR) is 134 cm³/mol. The Labute approximate surface area is 212 Å². The number of benzene rings is 1. The SMILES string of the molecule is CO[C@](C)(CCCNC(=O)c1cnn(Cc2cnc3ccccn23)c1)c1c(NC=O)ccc(Cl)c1F. The second kappa shape index (κ2) is 10.9. The first-order chi connectivity index (χ1) is 17.4. The summed E-state index contributed by atoms with van der Waals surface area (Å²) in [5, 5.41) is 9.58. The third-order valence-corrected chi connectivity index (χ3v) is 6.41. The third kappa shape index (κ3) is 5.24. The molecule has 9 nitrogen and oxygen atoms in total. The molecule has 0 spiro atoms. The zero-order valence-electron chi connectivity index (χ0n) is 19.9. The van der Waals surface area contributed by atoms with Gasteiger partial charge in [0.2, 0.25) is 6.41 Å². The second-order valence-corrected chi connectivity index (χ2v) is 8.85. The maximum atomic E-state index is 14.9. The number of carbonyl (C=O) groups is 2. The number of halogens is 2. The van der Waals surface area contributed by atoms with Gasteiger partial charge in [-0.1, -0.05) is 17.7 Å². The van der Waals surface area contributed by atoms with E-state index in [9.17, 15) is 14.0 Å². The highest BCUT2D eigenvalue weighted by molar-refractivity contribution is 6.31. The normalized spacial score (nSPS) is 12.9. The Hall–Kier alpha value is -3.76. The van der Waals surface area contributed by atoms with Crippen molar-refractivity contribution in [3.05, 3.63) is 82.8 Å². The molecule has 1 atom stereocenters. The lowest BCUT2D eigenvalue weighted by molar-refractivity contribution is -0.105. The third-order valence-electron chi connectivity index (χ3n) is 6.12. The molecule has 0 saturated carbocycles. The van der Waals surface area contributed by atoms with Crippen LogP contribution in [0.25, 0.3) is 5.65 Å². The Balaban J connectivity index is 1.36. The van der Waals surface area contributed by atoms with Crippen molar-refractivity contribution in [1.29, 1.82) is 0 Å². The fourth-order valence-corrected chi connectivity index (χ4v) is 4.30. The zero-order chi connectivity index (χ0) is 25.7. The number of imidazole rings is 1. The fourth-order valence-electron chi connectivity index (χ4n) is 4.15. The summed E-state index contributed by atoms with van der Waals surface area (Å²) in [6.07, 6.45) is 8.21. The van der Waals surface area contributed by atoms with E-state index in [2.05, 4.69) is 20.7 Å². The van der Waals surface area contributed by atoms with Gasteiger partial charge in [-0.05, 0) is 44.0 Å². The van der Waals surface area contributed by atoms with Crippen LogP contribution in [-0.4, -0.2) is 45.1 Å². The molecule has 0 aliphatic rings. The molecule has 0 fully saturated rings. The molecular weight excluding hydrogens is 487 g/mol. The van der Waals surface area contributed by atoms with Gasteiger partial charge in [0.05, 0.1) is 40.8 Å². The van der Waals surface area contributed by atoms with E-state index in [1.165, 1.54) is 25.4 Å². The lowest BCUT2D eigenvalue weighted by Gasteiger charge is -2.31. The van der Waals surface area contributed by atoms with Crippen LogP contribution >= 0.6 is 11.6 Å². The summed E-state index contributed by atoms with van der Waals surface area (Å²) < 4.78 is 24.2. The van der Waals surface area contributed by atoms with E-state index < -0.39 is 11.4 Å². The number of aromatic nitrogens is 4. The number of nitrogens with one attached hydrogen (secondary N) is 2. The van der Waals surface area contributed by atoms with Gasteiger partial charge in [0.15, 0.2) is 0 Å². The first-order valence-corrected chi connectivity index (χ1v) is 11.7. The summed E-state index contributed by atoms with van der Waals surface area (Å²) >= 11 is 5.98. The van der Waals surface area contributed by atoms with Gasteiger partial charge < -0.3 is 19.8 Å². The van der Waals surface area contributed by atoms with Crippen molar-refractivity contribution in [2.45, 2.75) is 31.9 Å². The monoisotopic (exact) mass is 512 g/mol. The van der Waals surface area contributed by atoms with Crippen LogP contribution in [-0.2, 0) is 21.7 Å². The molecule has 11 heteroatoms. The topological polar surface area (TPSA) is 103 Å². The van der Waals surface area contributed by atoms with Gasteiger partial charge in [-0.2, -0.15) is 5.10 Å². The Kier molecular flexibility index (Phi) is 7.66. The van der Waals surface area contributed by atoms with Crippen LogP contribution in [0.1, 0.15) is 41.4 Å². The maximum absolute atomic E-state index is 14.9. The van der Waals surface area contributed by atoms with Crippen LogP contribution in [0.5, 0.6) is 0 Å². The second-order valence-electron chi connectivity index (χ2n) is 8.45. The summed E-state index contributed by atoms with van der Waals surface area (Å²) in [4.78, 5) is 28.0. The molecule has 0 saturated heterocycles. The summed E-state index contributed by atoms with van der Waals surface area (Å²) in [6, 6.07) is 8.66. The number of hydrogen-bond donors (Lipinski definition) is 2. The minimum atomic E-state index is -1.08. The van der Waals surface area contributed by atoms with Gasteiger partial charge in [-0.3, -0.25) is 14.3 Å². The van der Waals surface area contributed by atoms with Gasteiger partial charge in [-0.15, -0.1) is 0 Å². The van der Waals surface area contributed by atoms with E-state index in [1.54, 1.807) is 24.0 Å². The van der Waals surface area contributed by atoms with Crippen molar-refractivity contribution >= 4 is 35.3 Å². The van der Waals surface area contributed by atoms with Crippen molar-refractivity contribution in [2.75, 3.05) is 19.0 Å². The number of nitrogens with zero attached hydrogens (tertiary/aromatic N) is 4. The van der Waals surface area contributed by atoms with E-state index in [4.69, 9.17) is 16.3 Å². The Morgan fingerprint density at radius 1 is 1.28 bits per heavy atom. The summed E-state index contributed by atoms with van der Waals surface area (Å²) in [5.41, 5.74) is 1.56. The first kappa shape index (κ1) is 25.3. The van der Waals surface area contributed by atoms with Crippen LogP contribution in [0, 0.1) is 5.82 Å². The number of methoxy groups -OCH3 is 1. The molecule has 0 radical (unpaired) electrons. The quantitative estimate of drug-likeness (QED) is 0.233. The molecule has 4 aromatic rings. The molecule has 2 amide bonds. The molecule has 3 heterocycles. The number of fused-ring (bicyclic) bond motifs is 1. The Morgan fingerprint density at radius 2 is 2.11 bits per heavy atom. The standard InChI is InChI=1S/C25H26ClFN6O3/c1-25(36-2,22-20(30-16-34)8-7-19(26)23(22)27)9-5-10-28-24(35)17-12-31-32(14-17)15-18-13-29-21-6-3-4-11-33(18)21/h3-4,6-8,11-14,16H,5,9-10,15H2,1-2H3,(H,28,35)(H,30,34)/t25-/m1/s1. The smallest absolute Gasteiger partial charge is 0.254 e. The molecule has 4 rings (SSSR count). The number of hydrogen-bond acceptors (Lipinski definition) is 5. The molecule has 0 unspecified atom stereocenters. The molecule has 0 bridgehead atoms. The fraction of sp³-hybridized carbons (Fsp3) is 0.280. The molecule has 36 heavy (non-hydrogen) atoms. The number of amides is 2.